The maximum atomic E-state index is 5.87. The van der Waals surface area contributed by atoms with Crippen molar-refractivity contribution in [1.82, 2.24) is 5.32 Å². The molecule has 0 heterocycles. The molecule has 1 nitrogen and oxygen atoms in total. The van der Waals surface area contributed by atoms with Crippen molar-refractivity contribution in [1.29, 1.82) is 0 Å². The van der Waals surface area contributed by atoms with Gasteiger partial charge in [-0.1, -0.05) is 32.4 Å². The van der Waals surface area contributed by atoms with Gasteiger partial charge in [-0.25, -0.2) is 0 Å². The molecule has 1 rings (SSSR count). The summed E-state index contributed by atoms with van der Waals surface area (Å²) in [6, 6.07) is 8.64. The van der Waals surface area contributed by atoms with E-state index in [1.165, 1.54) is 4.90 Å². The van der Waals surface area contributed by atoms with E-state index in [9.17, 15) is 0 Å². The molecule has 0 spiro atoms. The average molecular weight is 258 g/mol. The van der Waals surface area contributed by atoms with Gasteiger partial charge in [0, 0.05) is 21.2 Å². The van der Waals surface area contributed by atoms with E-state index in [0.717, 1.165) is 18.0 Å². The standard InChI is InChI=1S/C13H20ClNS/c1-4-13(15-5-2)10(3)16-12-8-6-11(14)7-9-12/h6-10,13,15H,4-5H2,1-3H3. The van der Waals surface area contributed by atoms with Crippen molar-refractivity contribution in [2.24, 2.45) is 0 Å². The quantitative estimate of drug-likeness (QED) is 0.767. The first-order valence-corrected chi connectivity index (χ1v) is 7.08. The first kappa shape index (κ1) is 13.9. The molecule has 0 fully saturated rings. The second kappa shape index (κ2) is 7.21. The summed E-state index contributed by atoms with van der Waals surface area (Å²) in [4.78, 5) is 1.29. The summed E-state index contributed by atoms with van der Waals surface area (Å²) in [5, 5.41) is 4.89. The van der Waals surface area contributed by atoms with Crippen LogP contribution in [0.3, 0.4) is 0 Å². The molecular formula is C13H20ClNS. The molecule has 0 aromatic heterocycles. The first-order valence-electron chi connectivity index (χ1n) is 5.83. The van der Waals surface area contributed by atoms with E-state index in [0.29, 0.717) is 11.3 Å². The van der Waals surface area contributed by atoms with Gasteiger partial charge in [0.2, 0.25) is 0 Å². The molecule has 16 heavy (non-hydrogen) atoms. The molecule has 3 heteroatoms. The lowest BCUT2D eigenvalue weighted by atomic mass is 10.2. The Hall–Kier alpha value is -0.180. The zero-order valence-corrected chi connectivity index (χ0v) is 11.7. The second-order valence-corrected chi connectivity index (χ2v) is 5.74. The second-order valence-electron chi connectivity index (χ2n) is 3.85. The largest absolute Gasteiger partial charge is 0.313 e. The molecule has 0 aliphatic carbocycles. The van der Waals surface area contributed by atoms with Crippen molar-refractivity contribution in [3.63, 3.8) is 0 Å². The highest BCUT2D eigenvalue weighted by molar-refractivity contribution is 8.00. The molecule has 0 aliphatic heterocycles. The number of nitrogens with one attached hydrogen (secondary N) is 1. The van der Waals surface area contributed by atoms with Gasteiger partial charge < -0.3 is 5.32 Å². The predicted octanol–water partition coefficient (Wildman–Crippen LogP) is 4.21. The lowest BCUT2D eigenvalue weighted by Gasteiger charge is -2.23. The molecule has 1 aromatic carbocycles. The molecule has 0 saturated carbocycles. The fourth-order valence-corrected chi connectivity index (χ4v) is 3.02. The van der Waals surface area contributed by atoms with Crippen molar-refractivity contribution in [3.05, 3.63) is 29.3 Å². The molecule has 90 valence electrons. The molecule has 1 aromatic rings. The number of rotatable bonds is 6. The highest BCUT2D eigenvalue weighted by Gasteiger charge is 2.15. The predicted molar refractivity (Wildman–Crippen MR) is 74.5 cm³/mol. The molecule has 0 aliphatic rings. The summed E-state index contributed by atoms with van der Waals surface area (Å²) in [5.74, 6) is 0. The van der Waals surface area contributed by atoms with Crippen LogP contribution in [0.2, 0.25) is 5.02 Å². The van der Waals surface area contributed by atoms with Crippen LogP contribution in [-0.2, 0) is 0 Å². The van der Waals surface area contributed by atoms with Crippen molar-refractivity contribution in [3.8, 4) is 0 Å². The maximum Gasteiger partial charge on any atom is 0.0406 e. The van der Waals surface area contributed by atoms with Crippen LogP contribution in [0.15, 0.2) is 29.2 Å². The fourth-order valence-electron chi connectivity index (χ4n) is 1.71. The minimum absolute atomic E-state index is 0.575. The first-order chi connectivity index (χ1) is 7.67. The fraction of sp³-hybridized carbons (Fsp3) is 0.538. The van der Waals surface area contributed by atoms with Gasteiger partial charge in [0.1, 0.15) is 0 Å². The summed E-state index contributed by atoms with van der Waals surface area (Å²) in [7, 11) is 0. The van der Waals surface area contributed by atoms with Crippen LogP contribution in [0.5, 0.6) is 0 Å². The Morgan fingerprint density at radius 2 is 1.88 bits per heavy atom. The van der Waals surface area contributed by atoms with Crippen molar-refractivity contribution < 1.29 is 0 Å². The molecule has 2 unspecified atom stereocenters. The minimum atomic E-state index is 0.575. The smallest absolute Gasteiger partial charge is 0.0406 e. The maximum absolute atomic E-state index is 5.87. The van der Waals surface area contributed by atoms with E-state index in [1.807, 2.05) is 23.9 Å². The lowest BCUT2D eigenvalue weighted by molar-refractivity contribution is 0.509. The Morgan fingerprint density at radius 3 is 2.38 bits per heavy atom. The zero-order valence-electron chi connectivity index (χ0n) is 10.2. The van der Waals surface area contributed by atoms with E-state index in [2.05, 4.69) is 38.2 Å². The Bertz CT molecular complexity index is 299. The van der Waals surface area contributed by atoms with E-state index in [4.69, 9.17) is 11.6 Å². The van der Waals surface area contributed by atoms with Gasteiger partial charge in [0.15, 0.2) is 0 Å². The van der Waals surface area contributed by atoms with Gasteiger partial charge in [-0.15, -0.1) is 11.8 Å². The normalized spacial score (nSPS) is 14.8. The minimum Gasteiger partial charge on any atom is -0.313 e. The topological polar surface area (TPSA) is 12.0 Å². The average Bonchev–Trinajstić information content (AvgIpc) is 2.29. The number of hydrogen-bond acceptors (Lipinski definition) is 2. The van der Waals surface area contributed by atoms with Gasteiger partial charge in [0.25, 0.3) is 0 Å². The monoisotopic (exact) mass is 257 g/mol. The van der Waals surface area contributed by atoms with Crippen LogP contribution >= 0.6 is 23.4 Å². The molecule has 1 N–H and O–H groups in total. The van der Waals surface area contributed by atoms with Crippen LogP contribution in [-0.4, -0.2) is 17.8 Å². The van der Waals surface area contributed by atoms with E-state index in [-0.39, 0.29) is 0 Å². The summed E-state index contributed by atoms with van der Waals surface area (Å²) in [6.45, 7) is 7.69. The van der Waals surface area contributed by atoms with Gasteiger partial charge in [0.05, 0.1) is 0 Å². The van der Waals surface area contributed by atoms with Crippen LogP contribution < -0.4 is 5.32 Å². The van der Waals surface area contributed by atoms with Crippen LogP contribution in [0.1, 0.15) is 27.2 Å². The van der Waals surface area contributed by atoms with Crippen molar-refractivity contribution in [2.45, 2.75) is 43.4 Å². The molecule has 0 saturated heterocycles. The molecule has 0 amide bonds. The van der Waals surface area contributed by atoms with E-state index >= 15 is 0 Å². The van der Waals surface area contributed by atoms with Crippen molar-refractivity contribution >= 4 is 23.4 Å². The lowest BCUT2D eigenvalue weighted by Crippen LogP contribution is -2.35. The van der Waals surface area contributed by atoms with Crippen LogP contribution in [0.4, 0.5) is 0 Å². The molecule has 0 radical (unpaired) electrons. The summed E-state index contributed by atoms with van der Waals surface area (Å²) >= 11 is 7.77. The van der Waals surface area contributed by atoms with Crippen LogP contribution in [0, 0.1) is 0 Å². The molecule has 0 bridgehead atoms. The Kier molecular flexibility index (Phi) is 6.25. The number of hydrogen-bond donors (Lipinski definition) is 1. The highest BCUT2D eigenvalue weighted by Crippen LogP contribution is 2.27. The number of benzene rings is 1. The molecule has 2 atom stereocenters. The summed E-state index contributed by atoms with van der Waals surface area (Å²) < 4.78 is 0. The number of halogens is 1. The number of thioether (sulfide) groups is 1. The summed E-state index contributed by atoms with van der Waals surface area (Å²) in [5.41, 5.74) is 0. The zero-order chi connectivity index (χ0) is 12.0. The van der Waals surface area contributed by atoms with E-state index < -0.39 is 0 Å². The van der Waals surface area contributed by atoms with Gasteiger partial charge in [-0.2, -0.15) is 0 Å². The Labute approximate surface area is 108 Å². The van der Waals surface area contributed by atoms with Crippen LogP contribution in [0.25, 0.3) is 0 Å². The van der Waals surface area contributed by atoms with Gasteiger partial charge in [-0.3, -0.25) is 0 Å². The third kappa shape index (κ3) is 4.36. The molecular weight excluding hydrogens is 238 g/mol. The van der Waals surface area contributed by atoms with Gasteiger partial charge in [-0.05, 0) is 37.2 Å². The summed E-state index contributed by atoms with van der Waals surface area (Å²) in [6.07, 6.45) is 1.16. The van der Waals surface area contributed by atoms with E-state index in [1.54, 1.807) is 0 Å². The third-order valence-corrected chi connectivity index (χ3v) is 4.11. The van der Waals surface area contributed by atoms with Crippen molar-refractivity contribution in [2.75, 3.05) is 6.54 Å². The highest BCUT2D eigenvalue weighted by atomic mass is 35.5. The SMILES string of the molecule is CCNC(CC)C(C)Sc1ccc(Cl)cc1. The Morgan fingerprint density at radius 1 is 1.25 bits per heavy atom. The van der Waals surface area contributed by atoms with Gasteiger partial charge >= 0.3 is 0 Å². The Balaban J connectivity index is 2.55. The third-order valence-electron chi connectivity index (χ3n) is 2.61.